The van der Waals surface area contributed by atoms with Gasteiger partial charge in [-0.1, -0.05) is 12.1 Å². The van der Waals surface area contributed by atoms with E-state index in [0.717, 1.165) is 16.6 Å². The molecule has 3 aromatic rings. The molecule has 0 aliphatic carbocycles. The number of rotatable bonds is 3. The molecule has 0 fully saturated rings. The summed E-state index contributed by atoms with van der Waals surface area (Å²) in [7, 11) is 0. The third-order valence-corrected chi connectivity index (χ3v) is 3.50. The molecule has 2 aromatic carbocycles. The van der Waals surface area contributed by atoms with Crippen molar-refractivity contribution in [3.8, 4) is 5.69 Å². The lowest BCUT2D eigenvalue weighted by atomic mass is 10.2. The number of anilines is 1. The van der Waals surface area contributed by atoms with Crippen molar-refractivity contribution in [1.82, 2.24) is 9.78 Å². The van der Waals surface area contributed by atoms with E-state index in [2.05, 4.69) is 16.5 Å². The summed E-state index contributed by atoms with van der Waals surface area (Å²) in [5, 5.41) is 8.26. The summed E-state index contributed by atoms with van der Waals surface area (Å²) in [6, 6.07) is 13.3. The molecule has 3 rings (SSSR count). The number of aryl methyl sites for hydroxylation is 1. The molecule has 0 saturated heterocycles. The lowest BCUT2D eigenvalue weighted by Gasteiger charge is -2.09. The van der Waals surface area contributed by atoms with Gasteiger partial charge in [0.05, 0.1) is 23.4 Å². The van der Waals surface area contributed by atoms with Crippen molar-refractivity contribution in [2.45, 2.75) is 19.9 Å². The first-order chi connectivity index (χ1) is 10.5. The van der Waals surface area contributed by atoms with Gasteiger partial charge in [-0.25, -0.2) is 4.68 Å². The maximum Gasteiger partial charge on any atom is 0.240 e. The second-order valence-corrected chi connectivity index (χ2v) is 5.45. The minimum Gasteiger partial charge on any atom is -0.325 e. The third-order valence-electron chi connectivity index (χ3n) is 3.50. The molecule has 0 radical (unpaired) electrons. The first-order valence-corrected chi connectivity index (χ1v) is 7.16. The van der Waals surface area contributed by atoms with Crippen LogP contribution in [0.25, 0.3) is 16.6 Å². The Morgan fingerprint density at radius 2 is 2.04 bits per heavy atom. The van der Waals surface area contributed by atoms with Crippen molar-refractivity contribution in [1.29, 1.82) is 0 Å². The van der Waals surface area contributed by atoms with E-state index in [1.807, 2.05) is 54.2 Å². The van der Waals surface area contributed by atoms with E-state index in [9.17, 15) is 4.79 Å². The van der Waals surface area contributed by atoms with Gasteiger partial charge in [0.2, 0.25) is 5.91 Å². The average molecular weight is 331 g/mol. The van der Waals surface area contributed by atoms with E-state index < -0.39 is 6.04 Å². The number of halogens is 1. The molecule has 0 aliphatic rings. The average Bonchev–Trinajstić information content (AvgIpc) is 2.90. The summed E-state index contributed by atoms with van der Waals surface area (Å²) in [6.07, 6.45) is 1.81. The number of carbonyl (C=O) groups excluding carboxylic acids is 1. The van der Waals surface area contributed by atoms with Gasteiger partial charge in [0, 0.05) is 11.1 Å². The predicted molar refractivity (Wildman–Crippen MR) is 95.3 cm³/mol. The Morgan fingerprint density at radius 1 is 1.26 bits per heavy atom. The maximum atomic E-state index is 11.7. The van der Waals surface area contributed by atoms with Gasteiger partial charge in [0.25, 0.3) is 0 Å². The highest BCUT2D eigenvalue weighted by molar-refractivity contribution is 5.96. The summed E-state index contributed by atoms with van der Waals surface area (Å²) in [5.41, 5.74) is 9.40. The molecular weight excluding hydrogens is 312 g/mol. The van der Waals surface area contributed by atoms with Crippen molar-refractivity contribution in [2.24, 2.45) is 5.73 Å². The Hall–Kier alpha value is -2.37. The second kappa shape index (κ2) is 6.81. The molecular formula is C17H19ClN4O. The maximum absolute atomic E-state index is 11.7. The van der Waals surface area contributed by atoms with Crippen LogP contribution in [0.15, 0.2) is 48.7 Å². The summed E-state index contributed by atoms with van der Waals surface area (Å²) in [6.45, 7) is 3.70. The summed E-state index contributed by atoms with van der Waals surface area (Å²) in [5.74, 6) is -0.207. The molecule has 6 heteroatoms. The third kappa shape index (κ3) is 3.52. The molecule has 3 N–H and O–H groups in total. The number of fused-ring (bicyclic) bond motifs is 1. The van der Waals surface area contributed by atoms with E-state index in [-0.39, 0.29) is 18.3 Å². The van der Waals surface area contributed by atoms with Crippen LogP contribution in [0.1, 0.15) is 12.5 Å². The summed E-state index contributed by atoms with van der Waals surface area (Å²) < 4.78 is 1.86. The fourth-order valence-electron chi connectivity index (χ4n) is 2.32. The number of amides is 1. The predicted octanol–water partition coefficient (Wildman–Crippen LogP) is 3.04. The Morgan fingerprint density at radius 3 is 2.74 bits per heavy atom. The zero-order valence-electron chi connectivity index (χ0n) is 13.0. The van der Waals surface area contributed by atoms with Gasteiger partial charge in [-0.05, 0) is 49.7 Å². The van der Waals surface area contributed by atoms with Crippen molar-refractivity contribution in [2.75, 3.05) is 5.32 Å². The molecule has 0 spiro atoms. The SMILES string of the molecule is Cc1cccc(-n2ncc3ccc(NC(=O)[C@@H](C)N)cc32)c1.Cl. The molecule has 1 atom stereocenters. The minimum absolute atomic E-state index is 0. The molecule has 0 saturated carbocycles. The lowest BCUT2D eigenvalue weighted by molar-refractivity contribution is -0.117. The summed E-state index contributed by atoms with van der Waals surface area (Å²) in [4.78, 5) is 11.7. The Bertz CT molecular complexity index is 841. The topological polar surface area (TPSA) is 72.9 Å². The van der Waals surface area contributed by atoms with E-state index in [0.29, 0.717) is 5.69 Å². The first kappa shape index (κ1) is 17.0. The number of nitrogens with two attached hydrogens (primary N) is 1. The van der Waals surface area contributed by atoms with E-state index >= 15 is 0 Å². The number of benzene rings is 2. The molecule has 1 aromatic heterocycles. The van der Waals surface area contributed by atoms with Gasteiger partial charge in [-0.15, -0.1) is 12.4 Å². The quantitative estimate of drug-likeness (QED) is 0.775. The standard InChI is InChI=1S/C17H18N4O.ClH/c1-11-4-3-5-15(8-11)21-16-9-14(20-17(22)12(2)18)7-6-13(16)10-19-21;/h3-10,12H,18H2,1-2H3,(H,20,22);1H/t12-;/m1./s1. The zero-order chi connectivity index (χ0) is 15.7. The van der Waals surface area contributed by atoms with Crippen molar-refractivity contribution in [3.63, 3.8) is 0 Å². The van der Waals surface area contributed by atoms with Crippen LogP contribution in [-0.4, -0.2) is 21.7 Å². The van der Waals surface area contributed by atoms with E-state index in [1.54, 1.807) is 6.92 Å². The van der Waals surface area contributed by atoms with Crippen LogP contribution < -0.4 is 11.1 Å². The molecule has 1 heterocycles. The molecule has 1 amide bonds. The van der Waals surface area contributed by atoms with Crippen LogP contribution in [0.2, 0.25) is 0 Å². The van der Waals surface area contributed by atoms with Crippen molar-refractivity contribution < 1.29 is 4.79 Å². The van der Waals surface area contributed by atoms with Gasteiger partial charge >= 0.3 is 0 Å². The van der Waals surface area contributed by atoms with Gasteiger partial charge < -0.3 is 11.1 Å². The number of hydrogen-bond acceptors (Lipinski definition) is 3. The largest absolute Gasteiger partial charge is 0.325 e. The van der Waals surface area contributed by atoms with Gasteiger partial charge in [-0.3, -0.25) is 4.79 Å². The molecule has 120 valence electrons. The molecule has 0 bridgehead atoms. The van der Waals surface area contributed by atoms with Crippen molar-refractivity contribution in [3.05, 3.63) is 54.2 Å². The zero-order valence-corrected chi connectivity index (χ0v) is 13.8. The molecule has 0 aliphatic heterocycles. The first-order valence-electron chi connectivity index (χ1n) is 7.16. The molecule has 5 nitrogen and oxygen atoms in total. The van der Waals surface area contributed by atoms with Crippen LogP contribution in [0, 0.1) is 6.92 Å². The van der Waals surface area contributed by atoms with Crippen LogP contribution >= 0.6 is 12.4 Å². The van der Waals surface area contributed by atoms with Gasteiger partial charge in [0.15, 0.2) is 0 Å². The number of aromatic nitrogens is 2. The number of nitrogens with zero attached hydrogens (tertiary/aromatic N) is 2. The monoisotopic (exact) mass is 330 g/mol. The Labute approximate surface area is 140 Å². The minimum atomic E-state index is -0.544. The smallest absolute Gasteiger partial charge is 0.240 e. The number of nitrogens with one attached hydrogen (secondary N) is 1. The van der Waals surface area contributed by atoms with Crippen LogP contribution in [-0.2, 0) is 4.79 Å². The number of carbonyl (C=O) groups is 1. The normalized spacial score (nSPS) is 11.8. The van der Waals surface area contributed by atoms with Crippen molar-refractivity contribution >= 4 is 34.9 Å². The Kier molecular flexibility index (Phi) is 5.03. The lowest BCUT2D eigenvalue weighted by Crippen LogP contribution is -2.32. The van der Waals surface area contributed by atoms with Gasteiger partial charge in [0.1, 0.15) is 0 Å². The van der Waals surface area contributed by atoms with E-state index in [1.165, 1.54) is 5.56 Å². The highest BCUT2D eigenvalue weighted by atomic mass is 35.5. The fraction of sp³-hybridized carbons (Fsp3) is 0.176. The Balaban J connectivity index is 0.00000192. The highest BCUT2D eigenvalue weighted by Crippen LogP contribution is 2.22. The molecule has 23 heavy (non-hydrogen) atoms. The van der Waals surface area contributed by atoms with Crippen LogP contribution in [0.3, 0.4) is 0 Å². The molecule has 0 unspecified atom stereocenters. The summed E-state index contributed by atoms with van der Waals surface area (Å²) >= 11 is 0. The van der Waals surface area contributed by atoms with Crippen LogP contribution in [0.4, 0.5) is 5.69 Å². The highest BCUT2D eigenvalue weighted by Gasteiger charge is 2.10. The van der Waals surface area contributed by atoms with E-state index in [4.69, 9.17) is 5.73 Å². The fourth-order valence-corrected chi connectivity index (χ4v) is 2.32. The second-order valence-electron chi connectivity index (χ2n) is 5.45. The van der Waals surface area contributed by atoms with Crippen LogP contribution in [0.5, 0.6) is 0 Å². The number of hydrogen-bond donors (Lipinski definition) is 2. The van der Waals surface area contributed by atoms with Gasteiger partial charge in [-0.2, -0.15) is 5.10 Å².